The van der Waals surface area contributed by atoms with Gasteiger partial charge in [0, 0.05) is 6.07 Å². The molecule has 0 spiro atoms. The predicted molar refractivity (Wildman–Crippen MR) is 100 cm³/mol. The Kier molecular flexibility index (Phi) is 6.24. The average molecular weight is 395 g/mol. The maximum atomic E-state index is 9.94. The summed E-state index contributed by atoms with van der Waals surface area (Å²) in [7, 11) is 0. The van der Waals surface area contributed by atoms with E-state index in [1.165, 1.54) is 5.56 Å². The van der Waals surface area contributed by atoms with E-state index in [9.17, 15) is 15.3 Å². The third-order valence-electron chi connectivity index (χ3n) is 4.38. The van der Waals surface area contributed by atoms with Crippen LogP contribution in [0.2, 0.25) is 5.02 Å². The Morgan fingerprint density at radius 3 is 2.30 bits per heavy atom. The Hall–Kier alpha value is -1.83. The van der Waals surface area contributed by atoms with Gasteiger partial charge in [-0.1, -0.05) is 37.6 Å². The zero-order valence-electron chi connectivity index (χ0n) is 15.1. The average Bonchev–Trinajstić information content (AvgIpc) is 2.64. The summed E-state index contributed by atoms with van der Waals surface area (Å²) in [6, 6.07) is 12.7. The molecule has 1 saturated heterocycles. The normalized spacial score (nSPS) is 25.4. The molecule has 0 amide bonds. The van der Waals surface area contributed by atoms with Gasteiger partial charge in [0.15, 0.2) is 0 Å². The lowest BCUT2D eigenvalue weighted by molar-refractivity contribution is -0.242. The van der Waals surface area contributed by atoms with Crippen LogP contribution in [0.25, 0.3) is 0 Å². The Morgan fingerprint density at radius 1 is 1.00 bits per heavy atom. The largest absolute Gasteiger partial charge is 0.460 e. The molecule has 0 unspecified atom stereocenters. The molecule has 1 aliphatic heterocycles. The summed E-state index contributed by atoms with van der Waals surface area (Å²) >= 11 is 6.24. The van der Waals surface area contributed by atoms with Crippen LogP contribution in [-0.4, -0.2) is 46.5 Å². The third kappa shape index (κ3) is 4.72. The van der Waals surface area contributed by atoms with Crippen LogP contribution in [0.1, 0.15) is 25.3 Å². The zero-order valence-corrected chi connectivity index (χ0v) is 15.8. The molecular formula is C20H23ClO6. The van der Waals surface area contributed by atoms with E-state index in [-0.39, 0.29) is 17.4 Å². The second-order valence-corrected chi connectivity index (χ2v) is 7.19. The van der Waals surface area contributed by atoms with Gasteiger partial charge in [0.05, 0.1) is 11.6 Å². The SMILES string of the molecule is CC(C)c1ccc(Oc2ccc(O[C@H]3OC[C@@H](O)[C@H](O)[C@H]3O)c(Cl)c2)cc1. The summed E-state index contributed by atoms with van der Waals surface area (Å²) in [6.45, 7) is 4.11. The number of benzene rings is 2. The van der Waals surface area contributed by atoms with Crippen molar-refractivity contribution in [2.24, 2.45) is 0 Å². The van der Waals surface area contributed by atoms with E-state index in [2.05, 4.69) is 13.8 Å². The molecule has 146 valence electrons. The van der Waals surface area contributed by atoms with Gasteiger partial charge in [-0.25, -0.2) is 0 Å². The molecule has 2 aromatic rings. The van der Waals surface area contributed by atoms with Crippen molar-refractivity contribution in [3.05, 3.63) is 53.1 Å². The summed E-state index contributed by atoms with van der Waals surface area (Å²) in [5, 5.41) is 29.4. The maximum Gasteiger partial charge on any atom is 0.228 e. The number of ether oxygens (including phenoxy) is 3. The molecule has 0 bridgehead atoms. The highest BCUT2D eigenvalue weighted by molar-refractivity contribution is 6.32. The first kappa shape index (κ1) is 19.9. The monoisotopic (exact) mass is 394 g/mol. The molecule has 0 aromatic heterocycles. The fraction of sp³-hybridized carbons (Fsp3) is 0.400. The first-order valence-corrected chi connectivity index (χ1v) is 9.13. The number of aliphatic hydroxyl groups is 3. The molecule has 3 N–H and O–H groups in total. The van der Waals surface area contributed by atoms with E-state index in [1.54, 1.807) is 18.2 Å². The highest BCUT2D eigenvalue weighted by Crippen LogP contribution is 2.33. The van der Waals surface area contributed by atoms with Crippen molar-refractivity contribution in [1.82, 2.24) is 0 Å². The van der Waals surface area contributed by atoms with Crippen molar-refractivity contribution < 1.29 is 29.5 Å². The van der Waals surface area contributed by atoms with Crippen LogP contribution in [-0.2, 0) is 4.74 Å². The number of hydrogen-bond donors (Lipinski definition) is 3. The minimum absolute atomic E-state index is 0.145. The van der Waals surface area contributed by atoms with Crippen molar-refractivity contribution in [3.63, 3.8) is 0 Å². The van der Waals surface area contributed by atoms with Crippen molar-refractivity contribution in [1.29, 1.82) is 0 Å². The molecule has 0 aliphatic carbocycles. The van der Waals surface area contributed by atoms with Crippen LogP contribution in [0, 0.1) is 0 Å². The standard InChI is InChI=1S/C20H23ClO6/c1-11(2)12-3-5-13(6-4-12)26-14-7-8-17(15(21)9-14)27-20-19(24)18(23)16(22)10-25-20/h3-9,11,16,18-20,22-24H,10H2,1-2H3/t16-,18+,19-,20-/m1/s1. The molecule has 7 heteroatoms. The predicted octanol–water partition coefficient (Wildman–Crippen LogP) is 3.07. The molecule has 0 radical (unpaired) electrons. The lowest BCUT2D eigenvalue weighted by Gasteiger charge is -2.35. The van der Waals surface area contributed by atoms with Crippen molar-refractivity contribution in [2.45, 2.75) is 44.4 Å². The van der Waals surface area contributed by atoms with Gasteiger partial charge in [-0.2, -0.15) is 0 Å². The Labute approximate surface area is 162 Å². The van der Waals surface area contributed by atoms with E-state index >= 15 is 0 Å². The molecule has 0 saturated carbocycles. The van der Waals surface area contributed by atoms with Crippen LogP contribution in [0.4, 0.5) is 0 Å². The van der Waals surface area contributed by atoms with E-state index < -0.39 is 24.6 Å². The Balaban J connectivity index is 1.67. The Morgan fingerprint density at radius 2 is 1.67 bits per heavy atom. The lowest BCUT2D eigenvalue weighted by Crippen LogP contribution is -2.54. The van der Waals surface area contributed by atoms with Gasteiger partial charge < -0.3 is 29.5 Å². The second kappa shape index (κ2) is 8.46. The molecular weight excluding hydrogens is 372 g/mol. The van der Waals surface area contributed by atoms with Crippen molar-refractivity contribution >= 4 is 11.6 Å². The number of aliphatic hydroxyl groups excluding tert-OH is 3. The summed E-state index contributed by atoms with van der Waals surface area (Å²) in [6.07, 6.45) is -5.02. The van der Waals surface area contributed by atoms with Gasteiger partial charge in [-0.3, -0.25) is 0 Å². The van der Waals surface area contributed by atoms with Gasteiger partial charge >= 0.3 is 0 Å². The quantitative estimate of drug-likeness (QED) is 0.722. The first-order valence-electron chi connectivity index (χ1n) is 8.75. The van der Waals surface area contributed by atoms with Crippen LogP contribution in [0.15, 0.2) is 42.5 Å². The van der Waals surface area contributed by atoms with E-state index in [1.807, 2.05) is 24.3 Å². The highest BCUT2D eigenvalue weighted by atomic mass is 35.5. The summed E-state index contributed by atoms with van der Waals surface area (Å²) in [5.74, 6) is 1.94. The molecule has 1 heterocycles. The van der Waals surface area contributed by atoms with Crippen LogP contribution >= 0.6 is 11.6 Å². The lowest BCUT2D eigenvalue weighted by atomic mass is 10.0. The van der Waals surface area contributed by atoms with Gasteiger partial charge in [0.1, 0.15) is 35.6 Å². The third-order valence-corrected chi connectivity index (χ3v) is 4.68. The molecule has 27 heavy (non-hydrogen) atoms. The summed E-state index contributed by atoms with van der Waals surface area (Å²) in [4.78, 5) is 0. The number of halogens is 1. The minimum atomic E-state index is -1.39. The molecule has 4 atom stereocenters. The second-order valence-electron chi connectivity index (χ2n) is 6.79. The van der Waals surface area contributed by atoms with Crippen LogP contribution in [0.3, 0.4) is 0 Å². The summed E-state index contributed by atoms with van der Waals surface area (Å²) in [5.41, 5.74) is 1.22. The number of rotatable bonds is 5. The van der Waals surface area contributed by atoms with E-state index in [0.29, 0.717) is 17.4 Å². The molecule has 1 fully saturated rings. The molecule has 6 nitrogen and oxygen atoms in total. The van der Waals surface area contributed by atoms with Gasteiger partial charge in [0.25, 0.3) is 0 Å². The first-order chi connectivity index (χ1) is 12.8. The maximum absolute atomic E-state index is 9.94. The number of hydrogen-bond acceptors (Lipinski definition) is 6. The summed E-state index contributed by atoms with van der Waals surface area (Å²) < 4.78 is 16.5. The van der Waals surface area contributed by atoms with Gasteiger partial charge in [-0.05, 0) is 35.7 Å². The van der Waals surface area contributed by atoms with E-state index in [0.717, 1.165) is 0 Å². The van der Waals surface area contributed by atoms with Crippen LogP contribution < -0.4 is 9.47 Å². The fourth-order valence-electron chi connectivity index (χ4n) is 2.71. The zero-order chi connectivity index (χ0) is 19.6. The topological polar surface area (TPSA) is 88.4 Å². The van der Waals surface area contributed by atoms with Crippen molar-refractivity contribution in [2.75, 3.05) is 6.61 Å². The molecule has 1 aliphatic rings. The molecule has 3 rings (SSSR count). The van der Waals surface area contributed by atoms with Crippen LogP contribution in [0.5, 0.6) is 17.2 Å². The highest BCUT2D eigenvalue weighted by Gasteiger charge is 2.39. The van der Waals surface area contributed by atoms with Gasteiger partial charge in [-0.15, -0.1) is 0 Å². The van der Waals surface area contributed by atoms with E-state index in [4.69, 9.17) is 25.8 Å². The minimum Gasteiger partial charge on any atom is -0.460 e. The van der Waals surface area contributed by atoms with Gasteiger partial charge in [0.2, 0.25) is 6.29 Å². The molecule has 2 aromatic carbocycles. The van der Waals surface area contributed by atoms with Crippen molar-refractivity contribution in [3.8, 4) is 17.2 Å². The fourth-order valence-corrected chi connectivity index (χ4v) is 2.92. The smallest absolute Gasteiger partial charge is 0.228 e. The Bertz CT molecular complexity index is 764.